The molecular weight excluding hydrogens is 240 g/mol. The van der Waals surface area contributed by atoms with Crippen LogP contribution in [0.1, 0.15) is 50.7 Å². The van der Waals surface area contributed by atoms with Crippen molar-refractivity contribution in [2.45, 2.75) is 52.4 Å². The van der Waals surface area contributed by atoms with Crippen LogP contribution in [0.5, 0.6) is 0 Å². The molecule has 0 heteroatoms. The molecule has 0 N–H and O–H groups in total. The van der Waals surface area contributed by atoms with Gasteiger partial charge >= 0.3 is 0 Å². The van der Waals surface area contributed by atoms with Crippen LogP contribution in [0.25, 0.3) is 11.1 Å². The normalized spacial score (nSPS) is 10.7. The third-order valence-corrected chi connectivity index (χ3v) is 3.99. The van der Waals surface area contributed by atoms with Gasteiger partial charge in [0.05, 0.1) is 0 Å². The molecule has 0 heterocycles. The van der Waals surface area contributed by atoms with Crippen LogP contribution in [0.4, 0.5) is 0 Å². The summed E-state index contributed by atoms with van der Waals surface area (Å²) in [5, 5.41) is 0. The standard InChI is InChI=1S/C20H26/c1-3-5-6-7-10-18-11-8-9-12-20(18)19-15-13-17(4-2)14-16-19/h8-9,11-16H,3-7,10H2,1-2H3. The molecule has 0 fully saturated rings. The number of benzene rings is 2. The van der Waals surface area contributed by atoms with Crippen molar-refractivity contribution in [3.8, 4) is 11.1 Å². The second-order valence-corrected chi connectivity index (χ2v) is 5.52. The highest BCUT2D eigenvalue weighted by Gasteiger charge is 2.04. The third kappa shape index (κ3) is 3.96. The number of hydrogen-bond donors (Lipinski definition) is 0. The van der Waals surface area contributed by atoms with Crippen molar-refractivity contribution in [3.63, 3.8) is 0 Å². The highest BCUT2D eigenvalue weighted by Crippen LogP contribution is 2.25. The lowest BCUT2D eigenvalue weighted by Crippen LogP contribution is -1.91. The van der Waals surface area contributed by atoms with Crippen LogP contribution >= 0.6 is 0 Å². The molecule has 0 spiro atoms. The molecule has 106 valence electrons. The first kappa shape index (κ1) is 14.8. The summed E-state index contributed by atoms with van der Waals surface area (Å²) in [7, 11) is 0. The van der Waals surface area contributed by atoms with Crippen LogP contribution in [-0.4, -0.2) is 0 Å². The van der Waals surface area contributed by atoms with E-state index in [0.29, 0.717) is 0 Å². The van der Waals surface area contributed by atoms with E-state index in [4.69, 9.17) is 0 Å². The first-order valence-corrected chi connectivity index (χ1v) is 8.02. The molecule has 0 saturated carbocycles. The summed E-state index contributed by atoms with van der Waals surface area (Å²) in [5.41, 5.74) is 5.67. The van der Waals surface area contributed by atoms with Crippen molar-refractivity contribution < 1.29 is 0 Å². The van der Waals surface area contributed by atoms with E-state index >= 15 is 0 Å². The highest BCUT2D eigenvalue weighted by atomic mass is 14.1. The van der Waals surface area contributed by atoms with Crippen molar-refractivity contribution >= 4 is 0 Å². The zero-order chi connectivity index (χ0) is 14.2. The lowest BCUT2D eigenvalue weighted by molar-refractivity contribution is 0.667. The summed E-state index contributed by atoms with van der Waals surface area (Å²) >= 11 is 0. The van der Waals surface area contributed by atoms with Gasteiger partial charge in [-0.1, -0.05) is 81.6 Å². The van der Waals surface area contributed by atoms with Crippen LogP contribution in [0.2, 0.25) is 0 Å². The maximum absolute atomic E-state index is 2.29. The third-order valence-electron chi connectivity index (χ3n) is 3.99. The van der Waals surface area contributed by atoms with Gasteiger partial charge in [-0.3, -0.25) is 0 Å². The van der Waals surface area contributed by atoms with Gasteiger partial charge in [-0.15, -0.1) is 0 Å². The van der Waals surface area contributed by atoms with Crippen LogP contribution < -0.4 is 0 Å². The summed E-state index contributed by atoms with van der Waals surface area (Å²) in [5.74, 6) is 0. The predicted octanol–water partition coefficient (Wildman–Crippen LogP) is 6.04. The maximum Gasteiger partial charge on any atom is -0.0152 e. The Bertz CT molecular complexity index is 508. The number of aryl methyl sites for hydroxylation is 2. The number of hydrogen-bond acceptors (Lipinski definition) is 0. The molecule has 2 aromatic rings. The summed E-state index contributed by atoms with van der Waals surface area (Å²) in [6.45, 7) is 4.47. The van der Waals surface area contributed by atoms with Crippen molar-refractivity contribution in [1.82, 2.24) is 0 Å². The Morgan fingerprint density at radius 1 is 0.750 bits per heavy atom. The van der Waals surface area contributed by atoms with Gasteiger partial charge in [0.1, 0.15) is 0 Å². The lowest BCUT2D eigenvalue weighted by atomic mass is 9.95. The van der Waals surface area contributed by atoms with Gasteiger partial charge < -0.3 is 0 Å². The average Bonchev–Trinajstić information content (AvgIpc) is 2.52. The molecule has 0 aliphatic carbocycles. The van der Waals surface area contributed by atoms with Gasteiger partial charge in [-0.05, 0) is 41.5 Å². The van der Waals surface area contributed by atoms with Crippen LogP contribution in [0.3, 0.4) is 0 Å². The molecule has 0 aliphatic heterocycles. The Balaban J connectivity index is 2.13. The minimum absolute atomic E-state index is 1.11. The average molecular weight is 266 g/mol. The maximum atomic E-state index is 2.29. The van der Waals surface area contributed by atoms with E-state index < -0.39 is 0 Å². The molecule has 0 amide bonds. The zero-order valence-electron chi connectivity index (χ0n) is 12.9. The van der Waals surface area contributed by atoms with Gasteiger partial charge in [-0.25, -0.2) is 0 Å². The molecule has 0 bridgehead atoms. The molecule has 2 rings (SSSR count). The second-order valence-electron chi connectivity index (χ2n) is 5.52. The van der Waals surface area contributed by atoms with E-state index in [-0.39, 0.29) is 0 Å². The van der Waals surface area contributed by atoms with Gasteiger partial charge in [0.25, 0.3) is 0 Å². The Morgan fingerprint density at radius 2 is 1.50 bits per heavy atom. The Labute approximate surface area is 123 Å². The summed E-state index contributed by atoms with van der Waals surface area (Å²) in [6, 6.07) is 17.9. The van der Waals surface area contributed by atoms with Crippen molar-refractivity contribution in [2.75, 3.05) is 0 Å². The smallest absolute Gasteiger partial charge is 0.0152 e. The molecule has 0 aliphatic rings. The Hall–Kier alpha value is -1.56. The van der Waals surface area contributed by atoms with Gasteiger partial charge in [0, 0.05) is 0 Å². The van der Waals surface area contributed by atoms with Gasteiger partial charge in [0.15, 0.2) is 0 Å². The van der Waals surface area contributed by atoms with Gasteiger partial charge in [-0.2, -0.15) is 0 Å². The molecule has 0 atom stereocenters. The fourth-order valence-corrected chi connectivity index (χ4v) is 2.68. The van der Waals surface area contributed by atoms with Crippen LogP contribution in [0.15, 0.2) is 48.5 Å². The minimum Gasteiger partial charge on any atom is -0.0654 e. The van der Waals surface area contributed by atoms with Crippen LogP contribution in [-0.2, 0) is 12.8 Å². The summed E-state index contributed by atoms with van der Waals surface area (Å²) in [6.07, 6.45) is 7.62. The fourth-order valence-electron chi connectivity index (χ4n) is 2.68. The highest BCUT2D eigenvalue weighted by molar-refractivity contribution is 5.67. The first-order chi connectivity index (χ1) is 9.85. The fraction of sp³-hybridized carbons (Fsp3) is 0.400. The minimum atomic E-state index is 1.11. The molecule has 20 heavy (non-hydrogen) atoms. The second kappa shape index (κ2) is 7.89. The monoisotopic (exact) mass is 266 g/mol. The van der Waals surface area contributed by atoms with E-state index in [1.165, 1.54) is 54.4 Å². The van der Waals surface area contributed by atoms with Crippen molar-refractivity contribution in [3.05, 3.63) is 59.7 Å². The largest absolute Gasteiger partial charge is 0.0654 e. The molecule has 0 aromatic heterocycles. The van der Waals surface area contributed by atoms with Crippen molar-refractivity contribution in [2.24, 2.45) is 0 Å². The SMILES string of the molecule is CCCCCCc1ccccc1-c1ccc(CC)cc1. The van der Waals surface area contributed by atoms with E-state index in [2.05, 4.69) is 62.4 Å². The molecule has 0 saturated heterocycles. The summed E-state index contributed by atoms with van der Waals surface area (Å²) in [4.78, 5) is 0. The number of rotatable bonds is 7. The molecule has 0 nitrogen and oxygen atoms in total. The molecule has 0 radical (unpaired) electrons. The quantitative estimate of drug-likeness (QED) is 0.536. The zero-order valence-corrected chi connectivity index (χ0v) is 12.9. The number of unbranched alkanes of at least 4 members (excludes halogenated alkanes) is 3. The van der Waals surface area contributed by atoms with E-state index in [9.17, 15) is 0 Å². The molecule has 2 aromatic carbocycles. The Kier molecular flexibility index (Phi) is 5.86. The lowest BCUT2D eigenvalue weighted by Gasteiger charge is -2.10. The van der Waals surface area contributed by atoms with E-state index in [0.717, 1.165) is 6.42 Å². The molecular formula is C20H26. The topological polar surface area (TPSA) is 0 Å². The Morgan fingerprint density at radius 3 is 2.20 bits per heavy atom. The van der Waals surface area contributed by atoms with E-state index in [1.807, 2.05) is 0 Å². The van der Waals surface area contributed by atoms with E-state index in [1.54, 1.807) is 0 Å². The van der Waals surface area contributed by atoms with Crippen molar-refractivity contribution in [1.29, 1.82) is 0 Å². The predicted molar refractivity (Wildman–Crippen MR) is 89.1 cm³/mol. The molecule has 0 unspecified atom stereocenters. The van der Waals surface area contributed by atoms with Crippen LogP contribution in [0, 0.1) is 0 Å². The summed E-state index contributed by atoms with van der Waals surface area (Å²) < 4.78 is 0. The van der Waals surface area contributed by atoms with Gasteiger partial charge in [0.2, 0.25) is 0 Å². The first-order valence-electron chi connectivity index (χ1n) is 8.02.